The van der Waals surface area contributed by atoms with Crippen LogP contribution in [0.25, 0.3) is 0 Å². The zero-order valence-electron chi connectivity index (χ0n) is 14.1. The van der Waals surface area contributed by atoms with Gasteiger partial charge in [0, 0.05) is 13.1 Å². The van der Waals surface area contributed by atoms with Gasteiger partial charge in [0.05, 0.1) is 45.7 Å². The van der Waals surface area contributed by atoms with Gasteiger partial charge in [0.1, 0.15) is 0 Å². The normalized spacial score (nSPS) is 13.3. The van der Waals surface area contributed by atoms with E-state index in [-0.39, 0.29) is 19.1 Å². The Bertz CT molecular complexity index is 740. The van der Waals surface area contributed by atoms with Gasteiger partial charge < -0.3 is 24.8 Å². The summed E-state index contributed by atoms with van der Waals surface area (Å²) in [6.07, 6.45) is 0. The van der Waals surface area contributed by atoms with E-state index in [1.807, 2.05) is 4.90 Å². The van der Waals surface area contributed by atoms with E-state index in [9.17, 15) is 4.79 Å². The van der Waals surface area contributed by atoms with Crippen molar-refractivity contribution >= 4 is 11.9 Å². The smallest absolute Gasteiger partial charge is 0.271 e. The summed E-state index contributed by atoms with van der Waals surface area (Å²) in [7, 11) is 3.07. The Morgan fingerprint density at radius 3 is 2.60 bits per heavy atom. The number of nitrogens with zero attached hydrogens (tertiary/aromatic N) is 5. The first kappa shape index (κ1) is 17.0. The van der Waals surface area contributed by atoms with Gasteiger partial charge >= 0.3 is 0 Å². The molecule has 2 aromatic rings. The number of aromatic nitrogens is 4. The van der Waals surface area contributed by atoms with E-state index in [1.54, 1.807) is 16.8 Å². The highest BCUT2D eigenvalue weighted by Crippen LogP contribution is 2.23. The van der Waals surface area contributed by atoms with Gasteiger partial charge in [0.25, 0.3) is 5.91 Å². The van der Waals surface area contributed by atoms with E-state index < -0.39 is 0 Å². The summed E-state index contributed by atoms with van der Waals surface area (Å²) >= 11 is 0. The van der Waals surface area contributed by atoms with Crippen LogP contribution in [0.1, 0.15) is 16.2 Å². The summed E-state index contributed by atoms with van der Waals surface area (Å²) in [6.45, 7) is 1.84. The van der Waals surface area contributed by atoms with Crippen LogP contribution in [0.5, 0.6) is 11.8 Å². The molecule has 0 atom stereocenters. The van der Waals surface area contributed by atoms with Crippen molar-refractivity contribution in [1.82, 2.24) is 25.1 Å². The van der Waals surface area contributed by atoms with E-state index in [1.165, 1.54) is 14.2 Å². The molecule has 0 fully saturated rings. The molecular weight excluding hydrogens is 328 g/mol. The lowest BCUT2D eigenvalue weighted by molar-refractivity contribution is 0.0939. The number of anilines is 1. The molecule has 1 aliphatic rings. The second kappa shape index (κ2) is 7.34. The lowest BCUT2D eigenvalue weighted by Gasteiger charge is -2.27. The maximum Gasteiger partial charge on any atom is 0.271 e. The second-order valence-corrected chi connectivity index (χ2v) is 5.40. The minimum Gasteiger partial charge on any atom is -0.481 e. The summed E-state index contributed by atoms with van der Waals surface area (Å²) in [5.41, 5.74) is 1.21. The van der Waals surface area contributed by atoms with Crippen molar-refractivity contribution in [3.05, 3.63) is 23.5 Å². The Balaban J connectivity index is 1.79. The summed E-state index contributed by atoms with van der Waals surface area (Å²) in [6, 6.07) is 3.34. The number of hydrogen-bond donors (Lipinski definition) is 2. The van der Waals surface area contributed by atoms with Gasteiger partial charge in [0.2, 0.25) is 17.7 Å². The third-order valence-corrected chi connectivity index (χ3v) is 3.80. The number of carbonyl (C=O) groups is 1. The lowest BCUT2D eigenvalue weighted by Crippen LogP contribution is -2.35. The number of aliphatic hydroxyl groups is 1. The minimum absolute atomic E-state index is 0.109. The van der Waals surface area contributed by atoms with E-state index in [4.69, 9.17) is 14.6 Å². The van der Waals surface area contributed by atoms with Gasteiger partial charge in [-0.1, -0.05) is 0 Å². The summed E-state index contributed by atoms with van der Waals surface area (Å²) < 4.78 is 12.2. The number of aliphatic hydroxyl groups excluding tert-OH is 1. The van der Waals surface area contributed by atoms with E-state index in [0.29, 0.717) is 43.0 Å². The van der Waals surface area contributed by atoms with Gasteiger partial charge in [-0.25, -0.2) is 0 Å². The van der Waals surface area contributed by atoms with Crippen molar-refractivity contribution in [3.8, 4) is 11.8 Å². The average molecular weight is 348 g/mol. The molecule has 0 spiro atoms. The first-order valence-corrected chi connectivity index (χ1v) is 7.82. The molecule has 0 bridgehead atoms. The van der Waals surface area contributed by atoms with Crippen LogP contribution in [0, 0.1) is 0 Å². The summed E-state index contributed by atoms with van der Waals surface area (Å²) in [5, 5.41) is 15.7. The van der Waals surface area contributed by atoms with Crippen LogP contribution in [0.15, 0.2) is 12.1 Å². The lowest BCUT2D eigenvalue weighted by atomic mass is 10.3. The second-order valence-electron chi connectivity index (χ2n) is 5.40. The molecule has 134 valence electrons. The molecule has 2 aromatic heterocycles. The number of amides is 1. The fourth-order valence-corrected chi connectivity index (χ4v) is 2.55. The van der Waals surface area contributed by atoms with Gasteiger partial charge in [-0.05, 0) is 6.07 Å². The molecule has 0 saturated carbocycles. The van der Waals surface area contributed by atoms with Crippen LogP contribution in [0.3, 0.4) is 0 Å². The van der Waals surface area contributed by atoms with Crippen molar-refractivity contribution in [3.63, 3.8) is 0 Å². The number of fused-ring (bicyclic) bond motifs is 1. The van der Waals surface area contributed by atoms with E-state index >= 15 is 0 Å². The number of nitrogens with one attached hydrogen (secondary N) is 1. The molecule has 3 heterocycles. The maximum absolute atomic E-state index is 12.0. The standard InChI is InChI=1S/C15H20N6O4/c1-24-12-8-13(25-2)18-15(17-12)20-4-5-21-10(9-20)7-11(19-21)14(23)16-3-6-22/h7-8,22H,3-6,9H2,1-2H3,(H,16,23). The topological polar surface area (TPSA) is 115 Å². The Morgan fingerprint density at radius 2 is 1.96 bits per heavy atom. The fraction of sp³-hybridized carbons (Fsp3) is 0.467. The van der Waals surface area contributed by atoms with Gasteiger partial charge in [0.15, 0.2) is 5.69 Å². The molecule has 0 radical (unpaired) electrons. The molecule has 10 heteroatoms. The Labute approximate surface area is 144 Å². The highest BCUT2D eigenvalue weighted by atomic mass is 16.5. The van der Waals surface area contributed by atoms with Crippen LogP contribution in [-0.4, -0.2) is 64.7 Å². The zero-order chi connectivity index (χ0) is 17.8. The molecule has 0 aliphatic carbocycles. The quantitative estimate of drug-likeness (QED) is 0.713. The first-order valence-electron chi connectivity index (χ1n) is 7.82. The average Bonchev–Trinajstić information content (AvgIpc) is 3.08. The molecule has 2 N–H and O–H groups in total. The number of rotatable bonds is 6. The Hall–Kier alpha value is -2.88. The van der Waals surface area contributed by atoms with Crippen molar-refractivity contribution in [1.29, 1.82) is 0 Å². The van der Waals surface area contributed by atoms with Crippen LogP contribution in [0.4, 0.5) is 5.95 Å². The molecule has 3 rings (SSSR count). The Kier molecular flexibility index (Phi) is 4.98. The van der Waals surface area contributed by atoms with Gasteiger partial charge in [-0.3, -0.25) is 9.48 Å². The summed E-state index contributed by atoms with van der Waals surface area (Å²) in [4.78, 5) is 22.6. The number of carbonyl (C=O) groups excluding carboxylic acids is 1. The predicted molar refractivity (Wildman–Crippen MR) is 87.8 cm³/mol. The van der Waals surface area contributed by atoms with Crippen LogP contribution in [-0.2, 0) is 13.1 Å². The molecule has 0 saturated heterocycles. The molecule has 0 unspecified atom stereocenters. The highest BCUT2D eigenvalue weighted by molar-refractivity contribution is 5.92. The largest absolute Gasteiger partial charge is 0.481 e. The van der Waals surface area contributed by atoms with Crippen LogP contribution >= 0.6 is 0 Å². The summed E-state index contributed by atoms with van der Waals surface area (Å²) in [5.74, 6) is 1.03. The molecule has 0 aromatic carbocycles. The molecule has 10 nitrogen and oxygen atoms in total. The molecular formula is C15H20N6O4. The van der Waals surface area contributed by atoms with E-state index in [0.717, 1.165) is 5.69 Å². The number of methoxy groups -OCH3 is 2. The third kappa shape index (κ3) is 3.63. The number of ether oxygens (including phenoxy) is 2. The third-order valence-electron chi connectivity index (χ3n) is 3.80. The monoisotopic (exact) mass is 348 g/mol. The SMILES string of the molecule is COc1cc(OC)nc(N2CCn3nc(C(=O)NCCO)cc3C2)n1. The first-order chi connectivity index (χ1) is 12.1. The van der Waals surface area contributed by atoms with Crippen molar-refractivity contribution < 1.29 is 19.4 Å². The molecule has 1 aliphatic heterocycles. The number of hydrogen-bond acceptors (Lipinski definition) is 8. The maximum atomic E-state index is 12.0. The van der Waals surface area contributed by atoms with Crippen molar-refractivity contribution in [2.75, 3.05) is 38.8 Å². The van der Waals surface area contributed by atoms with Gasteiger partial charge in [-0.2, -0.15) is 15.1 Å². The van der Waals surface area contributed by atoms with Crippen molar-refractivity contribution in [2.24, 2.45) is 0 Å². The molecule has 1 amide bonds. The predicted octanol–water partition coefficient (Wildman–Crippen LogP) is -0.567. The fourth-order valence-electron chi connectivity index (χ4n) is 2.55. The van der Waals surface area contributed by atoms with Crippen LogP contribution < -0.4 is 19.7 Å². The zero-order valence-corrected chi connectivity index (χ0v) is 14.1. The molecule has 25 heavy (non-hydrogen) atoms. The Morgan fingerprint density at radius 1 is 1.24 bits per heavy atom. The van der Waals surface area contributed by atoms with Crippen molar-refractivity contribution in [2.45, 2.75) is 13.1 Å². The van der Waals surface area contributed by atoms with Gasteiger partial charge in [-0.15, -0.1) is 0 Å². The minimum atomic E-state index is -0.304. The van der Waals surface area contributed by atoms with Crippen LogP contribution in [0.2, 0.25) is 0 Å². The van der Waals surface area contributed by atoms with E-state index in [2.05, 4.69) is 20.4 Å². The highest BCUT2D eigenvalue weighted by Gasteiger charge is 2.23.